The van der Waals surface area contributed by atoms with Crippen LogP contribution in [0.25, 0.3) is 11.4 Å². The molecular formula is C22H26N4O4. The van der Waals surface area contributed by atoms with Crippen LogP contribution < -0.4 is 4.74 Å². The van der Waals surface area contributed by atoms with E-state index in [1.165, 1.54) is 0 Å². The van der Waals surface area contributed by atoms with Gasteiger partial charge in [-0.2, -0.15) is 4.98 Å². The minimum Gasteiger partial charge on any atom is -0.497 e. The molecule has 0 radical (unpaired) electrons. The third-order valence-electron chi connectivity index (χ3n) is 4.84. The van der Waals surface area contributed by atoms with Crippen molar-refractivity contribution in [3.8, 4) is 17.1 Å². The number of benzene rings is 1. The van der Waals surface area contributed by atoms with Crippen molar-refractivity contribution in [3.63, 3.8) is 0 Å². The fourth-order valence-electron chi connectivity index (χ4n) is 3.15. The van der Waals surface area contributed by atoms with Crippen LogP contribution in [0.2, 0.25) is 0 Å². The zero-order chi connectivity index (χ0) is 21.3. The van der Waals surface area contributed by atoms with Gasteiger partial charge in [-0.05, 0) is 55.3 Å². The second kappa shape index (κ2) is 10.5. The third kappa shape index (κ3) is 5.42. The van der Waals surface area contributed by atoms with E-state index in [2.05, 4.69) is 15.1 Å². The summed E-state index contributed by atoms with van der Waals surface area (Å²) in [6.07, 6.45) is 4.22. The minimum absolute atomic E-state index is 0.0333. The molecule has 2 heterocycles. The van der Waals surface area contributed by atoms with Crippen LogP contribution in [0.1, 0.15) is 30.8 Å². The molecule has 3 aromatic rings. The van der Waals surface area contributed by atoms with Crippen LogP contribution in [-0.4, -0.2) is 53.3 Å². The molecular weight excluding hydrogens is 384 g/mol. The molecule has 0 aliphatic carbocycles. The summed E-state index contributed by atoms with van der Waals surface area (Å²) in [6.45, 7) is 3.14. The molecule has 0 bridgehead atoms. The molecule has 1 atom stereocenters. The first-order valence-corrected chi connectivity index (χ1v) is 9.77. The molecule has 1 amide bonds. The molecule has 0 saturated carbocycles. The van der Waals surface area contributed by atoms with Gasteiger partial charge in [0.05, 0.1) is 13.2 Å². The standard InChI is InChI=1S/C22H26N4O4/c1-16(17-9-11-23-12-10-17)26(13-4-14-28-2)21(27)15-20-24-22(25-30-20)18-5-7-19(29-3)8-6-18/h5-12,16H,4,13-15H2,1-3H3/t16-/m1/s1. The molecule has 30 heavy (non-hydrogen) atoms. The maximum Gasteiger partial charge on any atom is 0.236 e. The molecule has 0 aliphatic rings. The summed E-state index contributed by atoms with van der Waals surface area (Å²) in [4.78, 5) is 23.3. The quantitative estimate of drug-likeness (QED) is 0.474. The van der Waals surface area contributed by atoms with E-state index in [1.54, 1.807) is 26.6 Å². The lowest BCUT2D eigenvalue weighted by molar-refractivity contribution is -0.133. The van der Waals surface area contributed by atoms with E-state index in [1.807, 2.05) is 48.2 Å². The molecule has 3 rings (SSSR count). The Kier molecular flexibility index (Phi) is 7.51. The Hall–Kier alpha value is -3.26. The van der Waals surface area contributed by atoms with E-state index in [0.717, 1.165) is 23.3 Å². The van der Waals surface area contributed by atoms with Crippen LogP contribution in [-0.2, 0) is 16.0 Å². The zero-order valence-corrected chi connectivity index (χ0v) is 17.4. The van der Waals surface area contributed by atoms with Crippen LogP contribution in [0.15, 0.2) is 53.3 Å². The van der Waals surface area contributed by atoms with Gasteiger partial charge >= 0.3 is 0 Å². The van der Waals surface area contributed by atoms with Crippen molar-refractivity contribution < 1.29 is 18.8 Å². The Labute approximate surface area is 175 Å². The highest BCUT2D eigenvalue weighted by atomic mass is 16.5. The first kappa shape index (κ1) is 21.4. The monoisotopic (exact) mass is 410 g/mol. The number of carbonyl (C=O) groups excluding carboxylic acids is 1. The Balaban J connectivity index is 1.72. The van der Waals surface area contributed by atoms with Gasteiger partial charge in [-0.1, -0.05) is 5.16 Å². The van der Waals surface area contributed by atoms with E-state index >= 15 is 0 Å². The molecule has 2 aromatic heterocycles. The Bertz CT molecular complexity index is 928. The number of pyridine rings is 1. The van der Waals surface area contributed by atoms with Crippen LogP contribution in [0.5, 0.6) is 5.75 Å². The first-order valence-electron chi connectivity index (χ1n) is 9.77. The molecule has 0 aliphatic heterocycles. The number of hydrogen-bond donors (Lipinski definition) is 0. The number of amides is 1. The van der Waals surface area contributed by atoms with Gasteiger partial charge in [-0.15, -0.1) is 0 Å². The van der Waals surface area contributed by atoms with E-state index < -0.39 is 0 Å². The summed E-state index contributed by atoms with van der Waals surface area (Å²) >= 11 is 0. The first-order chi connectivity index (χ1) is 14.6. The fourth-order valence-corrected chi connectivity index (χ4v) is 3.15. The zero-order valence-electron chi connectivity index (χ0n) is 17.4. The Morgan fingerprint density at radius 3 is 2.53 bits per heavy atom. The molecule has 0 N–H and O–H groups in total. The lowest BCUT2D eigenvalue weighted by Crippen LogP contribution is -2.36. The normalized spacial score (nSPS) is 11.8. The van der Waals surface area contributed by atoms with Crippen molar-refractivity contribution in [2.45, 2.75) is 25.8 Å². The van der Waals surface area contributed by atoms with Crippen molar-refractivity contribution in [3.05, 3.63) is 60.2 Å². The number of ether oxygens (including phenoxy) is 2. The number of rotatable bonds is 10. The number of aromatic nitrogens is 3. The summed E-state index contributed by atoms with van der Waals surface area (Å²) in [7, 11) is 3.26. The molecule has 0 fully saturated rings. The second-order valence-electron chi connectivity index (χ2n) is 6.81. The van der Waals surface area contributed by atoms with Crippen molar-refractivity contribution in [1.82, 2.24) is 20.0 Å². The van der Waals surface area contributed by atoms with Crippen LogP contribution in [0.4, 0.5) is 0 Å². The average molecular weight is 410 g/mol. The highest BCUT2D eigenvalue weighted by molar-refractivity contribution is 5.78. The second-order valence-corrected chi connectivity index (χ2v) is 6.81. The maximum atomic E-state index is 13.1. The highest BCUT2D eigenvalue weighted by Crippen LogP contribution is 2.22. The van der Waals surface area contributed by atoms with Gasteiger partial charge < -0.3 is 18.9 Å². The number of nitrogens with zero attached hydrogens (tertiary/aromatic N) is 4. The SMILES string of the molecule is COCCCN(C(=O)Cc1nc(-c2ccc(OC)cc2)no1)[C@H](C)c1ccncc1. The van der Waals surface area contributed by atoms with Crippen LogP contribution in [0, 0.1) is 0 Å². The molecule has 1 aromatic carbocycles. The van der Waals surface area contributed by atoms with Gasteiger partial charge in [0, 0.05) is 38.2 Å². The van der Waals surface area contributed by atoms with E-state index in [-0.39, 0.29) is 24.3 Å². The predicted molar refractivity (Wildman–Crippen MR) is 111 cm³/mol. The summed E-state index contributed by atoms with van der Waals surface area (Å²) in [5.41, 5.74) is 1.81. The lowest BCUT2D eigenvalue weighted by atomic mass is 10.1. The smallest absolute Gasteiger partial charge is 0.236 e. The van der Waals surface area contributed by atoms with Crippen LogP contribution >= 0.6 is 0 Å². The molecule has 8 nitrogen and oxygen atoms in total. The van der Waals surface area contributed by atoms with Gasteiger partial charge in [0.15, 0.2) is 0 Å². The number of methoxy groups -OCH3 is 2. The van der Waals surface area contributed by atoms with Crippen molar-refractivity contribution >= 4 is 5.91 Å². The van der Waals surface area contributed by atoms with Crippen molar-refractivity contribution in [2.24, 2.45) is 0 Å². The summed E-state index contributed by atoms with van der Waals surface area (Å²) in [5, 5.41) is 4.01. The Morgan fingerprint density at radius 2 is 1.87 bits per heavy atom. The largest absolute Gasteiger partial charge is 0.497 e. The molecule has 0 spiro atoms. The van der Waals surface area contributed by atoms with Gasteiger partial charge in [-0.25, -0.2) is 0 Å². The van der Waals surface area contributed by atoms with Gasteiger partial charge in [0.25, 0.3) is 0 Å². The molecule has 158 valence electrons. The highest BCUT2D eigenvalue weighted by Gasteiger charge is 2.23. The van der Waals surface area contributed by atoms with Gasteiger partial charge in [0.1, 0.15) is 12.2 Å². The van der Waals surface area contributed by atoms with Gasteiger partial charge in [0.2, 0.25) is 17.6 Å². The summed E-state index contributed by atoms with van der Waals surface area (Å²) in [5.74, 6) is 1.38. The molecule has 0 unspecified atom stereocenters. The maximum absolute atomic E-state index is 13.1. The van der Waals surface area contributed by atoms with E-state index in [0.29, 0.717) is 19.0 Å². The summed E-state index contributed by atoms with van der Waals surface area (Å²) < 4.78 is 15.6. The van der Waals surface area contributed by atoms with Crippen LogP contribution in [0.3, 0.4) is 0 Å². The fraction of sp³-hybridized carbons (Fsp3) is 0.364. The third-order valence-corrected chi connectivity index (χ3v) is 4.84. The van der Waals surface area contributed by atoms with Gasteiger partial charge in [-0.3, -0.25) is 9.78 Å². The van der Waals surface area contributed by atoms with Crippen molar-refractivity contribution in [2.75, 3.05) is 27.4 Å². The number of hydrogen-bond acceptors (Lipinski definition) is 7. The predicted octanol–water partition coefficient (Wildman–Crippen LogP) is 3.31. The Morgan fingerprint density at radius 1 is 1.13 bits per heavy atom. The average Bonchev–Trinajstić information content (AvgIpc) is 3.25. The molecule has 0 saturated heterocycles. The van der Waals surface area contributed by atoms with Crippen molar-refractivity contribution in [1.29, 1.82) is 0 Å². The van der Waals surface area contributed by atoms with E-state index in [9.17, 15) is 4.79 Å². The minimum atomic E-state index is -0.110. The molecule has 8 heteroatoms. The van der Waals surface area contributed by atoms with E-state index in [4.69, 9.17) is 14.0 Å². The topological polar surface area (TPSA) is 90.6 Å². The summed E-state index contributed by atoms with van der Waals surface area (Å²) in [6, 6.07) is 11.1. The lowest BCUT2D eigenvalue weighted by Gasteiger charge is -2.29. The number of carbonyl (C=O) groups is 1.